The van der Waals surface area contributed by atoms with E-state index in [0.29, 0.717) is 12.0 Å². The van der Waals surface area contributed by atoms with Crippen molar-refractivity contribution in [2.45, 2.75) is 58.4 Å². The Labute approximate surface area is 137 Å². The third-order valence-corrected chi connectivity index (χ3v) is 9.85. The minimum Gasteiger partial charge on any atom is -0.413 e. The van der Waals surface area contributed by atoms with Crippen molar-refractivity contribution in [2.24, 2.45) is 5.92 Å². The Morgan fingerprint density at radius 2 is 1.68 bits per heavy atom. The van der Waals surface area contributed by atoms with Gasteiger partial charge in [0, 0.05) is 0 Å². The Hall–Kier alpha value is -1.12. The van der Waals surface area contributed by atoms with Crippen LogP contribution >= 0.6 is 0 Å². The van der Waals surface area contributed by atoms with Crippen LogP contribution in [0.5, 0.6) is 0 Å². The first-order chi connectivity index (χ1) is 10.6. The minimum absolute atomic E-state index is 0.337. The number of allylic oxidation sites excluding steroid dienone is 2. The van der Waals surface area contributed by atoms with Gasteiger partial charge in [-0.15, -0.1) is 0 Å². The predicted octanol–water partition coefficient (Wildman–Crippen LogP) is 6.06. The normalized spacial score (nSPS) is 22.3. The number of rotatable bonds is 6. The Morgan fingerprint density at radius 1 is 1.05 bits per heavy atom. The standard InChI is InChI=1S/C20H30OSi/c1-5-22(6-2,7-3)21-20-16-15-19(14-13-17(20)4)18-11-9-8-10-12-18/h8-15,17,20H,5-7,16H2,1-4H3/t17-,20-/m0/s1. The van der Waals surface area contributed by atoms with Gasteiger partial charge in [-0.3, -0.25) is 0 Å². The fraction of sp³-hybridized carbons (Fsp3) is 0.500. The average Bonchev–Trinajstić information content (AvgIpc) is 2.76. The summed E-state index contributed by atoms with van der Waals surface area (Å²) in [5.41, 5.74) is 2.63. The number of benzene rings is 1. The molecule has 0 aromatic heterocycles. The van der Waals surface area contributed by atoms with Crippen LogP contribution in [0.4, 0.5) is 0 Å². The molecule has 0 aliphatic heterocycles. The molecule has 0 saturated carbocycles. The van der Waals surface area contributed by atoms with Gasteiger partial charge in [-0.25, -0.2) is 0 Å². The molecular weight excluding hydrogens is 284 g/mol. The summed E-state index contributed by atoms with van der Waals surface area (Å²) in [7, 11) is -1.53. The van der Waals surface area contributed by atoms with E-state index in [9.17, 15) is 0 Å². The van der Waals surface area contributed by atoms with Crippen LogP contribution in [0.25, 0.3) is 5.57 Å². The highest BCUT2D eigenvalue weighted by atomic mass is 28.4. The van der Waals surface area contributed by atoms with Gasteiger partial charge in [0.25, 0.3) is 0 Å². The van der Waals surface area contributed by atoms with Crippen LogP contribution in [0, 0.1) is 5.92 Å². The fourth-order valence-corrected chi connectivity index (χ4v) is 6.18. The lowest BCUT2D eigenvalue weighted by atomic mass is 10.0. The number of hydrogen-bond donors (Lipinski definition) is 0. The maximum absolute atomic E-state index is 6.75. The lowest BCUT2D eigenvalue weighted by molar-refractivity contribution is 0.154. The summed E-state index contributed by atoms with van der Waals surface area (Å²) in [6.07, 6.45) is 8.32. The summed E-state index contributed by atoms with van der Waals surface area (Å²) >= 11 is 0. The van der Waals surface area contributed by atoms with Crippen LogP contribution in [0.3, 0.4) is 0 Å². The van der Waals surface area contributed by atoms with E-state index in [1.807, 2.05) is 0 Å². The van der Waals surface area contributed by atoms with Gasteiger partial charge in [0.2, 0.25) is 0 Å². The summed E-state index contributed by atoms with van der Waals surface area (Å²) in [5.74, 6) is 0.481. The molecule has 0 radical (unpaired) electrons. The molecule has 1 nitrogen and oxygen atoms in total. The van der Waals surface area contributed by atoms with Gasteiger partial charge in [0.1, 0.15) is 0 Å². The molecule has 1 aliphatic rings. The number of hydrogen-bond acceptors (Lipinski definition) is 1. The lowest BCUT2D eigenvalue weighted by Gasteiger charge is -2.34. The van der Waals surface area contributed by atoms with Crippen molar-refractivity contribution in [3.05, 3.63) is 54.1 Å². The Balaban J connectivity index is 2.16. The van der Waals surface area contributed by atoms with Gasteiger partial charge in [-0.2, -0.15) is 0 Å². The predicted molar refractivity (Wildman–Crippen MR) is 99.4 cm³/mol. The van der Waals surface area contributed by atoms with Crippen molar-refractivity contribution >= 4 is 13.9 Å². The molecule has 1 aromatic carbocycles. The van der Waals surface area contributed by atoms with Gasteiger partial charge in [0.15, 0.2) is 8.32 Å². The second-order valence-electron chi connectivity index (χ2n) is 6.38. The molecule has 22 heavy (non-hydrogen) atoms. The van der Waals surface area contributed by atoms with Crippen molar-refractivity contribution in [1.29, 1.82) is 0 Å². The van der Waals surface area contributed by atoms with Crippen molar-refractivity contribution < 1.29 is 4.43 Å². The molecular formula is C20H30OSi. The van der Waals surface area contributed by atoms with Gasteiger partial charge < -0.3 is 4.43 Å². The van der Waals surface area contributed by atoms with E-state index in [1.54, 1.807) is 0 Å². The van der Waals surface area contributed by atoms with E-state index in [1.165, 1.54) is 29.3 Å². The average molecular weight is 315 g/mol. The van der Waals surface area contributed by atoms with E-state index in [2.05, 4.69) is 76.3 Å². The lowest BCUT2D eigenvalue weighted by Crippen LogP contribution is -2.41. The zero-order valence-corrected chi connectivity index (χ0v) is 15.5. The summed E-state index contributed by atoms with van der Waals surface area (Å²) < 4.78 is 6.75. The van der Waals surface area contributed by atoms with Crippen LogP contribution in [0.2, 0.25) is 18.1 Å². The van der Waals surface area contributed by atoms with Crippen molar-refractivity contribution in [1.82, 2.24) is 0 Å². The molecule has 1 aromatic rings. The van der Waals surface area contributed by atoms with Gasteiger partial charge in [-0.1, -0.05) is 76.3 Å². The molecule has 120 valence electrons. The first-order valence-electron chi connectivity index (χ1n) is 8.75. The summed E-state index contributed by atoms with van der Waals surface area (Å²) in [5, 5.41) is 0. The smallest absolute Gasteiger partial charge is 0.192 e. The zero-order valence-electron chi connectivity index (χ0n) is 14.5. The summed E-state index contributed by atoms with van der Waals surface area (Å²) in [6, 6.07) is 14.3. The SMILES string of the molecule is CC[Si](CC)(CC)O[C@H]1CC=C(c2ccccc2)C=C[C@@H]1C. The molecule has 0 amide bonds. The molecule has 2 heteroatoms. The second-order valence-corrected chi connectivity index (χ2v) is 11.1. The van der Waals surface area contributed by atoms with Crippen LogP contribution in [-0.2, 0) is 4.43 Å². The third-order valence-electron chi connectivity index (χ3n) is 5.18. The maximum Gasteiger partial charge on any atom is 0.192 e. The van der Waals surface area contributed by atoms with Gasteiger partial charge in [0.05, 0.1) is 6.10 Å². The second kappa shape index (κ2) is 7.93. The molecule has 0 heterocycles. The largest absolute Gasteiger partial charge is 0.413 e. The fourth-order valence-electron chi connectivity index (χ4n) is 3.23. The first-order valence-corrected chi connectivity index (χ1v) is 11.3. The zero-order chi connectivity index (χ0) is 16.0. The van der Waals surface area contributed by atoms with E-state index in [4.69, 9.17) is 4.43 Å². The molecule has 0 unspecified atom stereocenters. The van der Waals surface area contributed by atoms with Crippen molar-refractivity contribution in [3.8, 4) is 0 Å². The van der Waals surface area contributed by atoms with Gasteiger partial charge in [-0.05, 0) is 41.6 Å². The van der Waals surface area contributed by atoms with Crippen LogP contribution < -0.4 is 0 Å². The molecule has 0 N–H and O–H groups in total. The molecule has 0 spiro atoms. The Morgan fingerprint density at radius 3 is 2.27 bits per heavy atom. The highest BCUT2D eigenvalue weighted by Gasteiger charge is 2.33. The molecule has 2 rings (SSSR count). The van der Waals surface area contributed by atoms with Crippen molar-refractivity contribution in [3.63, 3.8) is 0 Å². The quantitative estimate of drug-likeness (QED) is 0.580. The third kappa shape index (κ3) is 3.99. The van der Waals surface area contributed by atoms with Crippen molar-refractivity contribution in [2.75, 3.05) is 0 Å². The monoisotopic (exact) mass is 314 g/mol. The molecule has 1 aliphatic carbocycles. The topological polar surface area (TPSA) is 9.23 Å². The van der Waals surface area contributed by atoms with Crippen LogP contribution in [-0.4, -0.2) is 14.4 Å². The summed E-state index contributed by atoms with van der Waals surface area (Å²) in [6.45, 7) is 9.22. The highest BCUT2D eigenvalue weighted by molar-refractivity contribution is 6.73. The molecule has 0 saturated heterocycles. The molecule has 0 fully saturated rings. The van der Waals surface area contributed by atoms with E-state index < -0.39 is 8.32 Å². The van der Waals surface area contributed by atoms with E-state index >= 15 is 0 Å². The highest BCUT2D eigenvalue weighted by Crippen LogP contribution is 2.31. The molecule has 0 bridgehead atoms. The van der Waals surface area contributed by atoms with E-state index in [-0.39, 0.29) is 0 Å². The minimum atomic E-state index is -1.53. The van der Waals surface area contributed by atoms with Crippen LogP contribution in [0.15, 0.2) is 48.6 Å². The van der Waals surface area contributed by atoms with Crippen LogP contribution in [0.1, 0.15) is 39.7 Å². The summed E-state index contributed by atoms with van der Waals surface area (Å²) in [4.78, 5) is 0. The first kappa shape index (κ1) is 17.2. The molecule has 2 atom stereocenters. The maximum atomic E-state index is 6.75. The van der Waals surface area contributed by atoms with Gasteiger partial charge >= 0.3 is 0 Å². The Kier molecular flexibility index (Phi) is 6.22. The Bertz CT molecular complexity index is 506. The van der Waals surface area contributed by atoms with E-state index in [0.717, 1.165) is 6.42 Å².